The third-order valence-corrected chi connectivity index (χ3v) is 4.48. The molecule has 4 nitrogen and oxygen atoms in total. The van der Waals surface area contributed by atoms with Crippen molar-refractivity contribution in [1.82, 2.24) is 10.2 Å². The largest absolute Gasteiger partial charge is 0.497 e. The van der Waals surface area contributed by atoms with Crippen LogP contribution in [-0.4, -0.2) is 43.6 Å². The number of hydrogen-bond acceptors (Lipinski definition) is 3. The Labute approximate surface area is 133 Å². The molecule has 0 aliphatic carbocycles. The zero-order valence-electron chi connectivity index (χ0n) is 13.8. The first kappa shape index (κ1) is 16.8. The fourth-order valence-corrected chi connectivity index (χ4v) is 3.15. The summed E-state index contributed by atoms with van der Waals surface area (Å²) in [4.78, 5) is 14.6. The van der Waals surface area contributed by atoms with E-state index in [0.717, 1.165) is 31.3 Å². The second-order valence-corrected chi connectivity index (χ2v) is 5.93. The molecule has 2 rings (SSSR count). The number of piperidine rings is 1. The maximum Gasteiger partial charge on any atom is 0.251 e. The first-order chi connectivity index (χ1) is 10.7. The van der Waals surface area contributed by atoms with E-state index in [4.69, 9.17) is 4.74 Å². The normalized spacial score (nSPS) is 18.9. The third-order valence-electron chi connectivity index (χ3n) is 4.48. The van der Waals surface area contributed by atoms with Gasteiger partial charge in [-0.2, -0.15) is 0 Å². The highest BCUT2D eigenvalue weighted by molar-refractivity contribution is 5.94. The van der Waals surface area contributed by atoms with Crippen molar-refractivity contribution >= 4 is 5.91 Å². The Bertz CT molecular complexity index is 459. The van der Waals surface area contributed by atoms with E-state index in [1.165, 1.54) is 32.2 Å². The minimum atomic E-state index is -0.00617. The van der Waals surface area contributed by atoms with Crippen molar-refractivity contribution in [3.8, 4) is 5.75 Å². The first-order valence-corrected chi connectivity index (χ1v) is 8.41. The van der Waals surface area contributed by atoms with Gasteiger partial charge in [0.1, 0.15) is 5.75 Å². The molecule has 1 aromatic carbocycles. The summed E-state index contributed by atoms with van der Waals surface area (Å²) in [5, 5.41) is 3.00. The van der Waals surface area contributed by atoms with Crippen LogP contribution in [0.25, 0.3) is 0 Å². The molecule has 0 spiro atoms. The van der Waals surface area contributed by atoms with Crippen molar-refractivity contribution in [3.05, 3.63) is 29.8 Å². The topological polar surface area (TPSA) is 41.6 Å². The van der Waals surface area contributed by atoms with Crippen molar-refractivity contribution < 1.29 is 9.53 Å². The van der Waals surface area contributed by atoms with E-state index in [1.807, 2.05) is 12.1 Å². The molecule has 1 atom stereocenters. The Morgan fingerprint density at radius 1 is 1.32 bits per heavy atom. The molecule has 0 saturated carbocycles. The van der Waals surface area contributed by atoms with Crippen LogP contribution >= 0.6 is 0 Å². The monoisotopic (exact) mass is 304 g/mol. The van der Waals surface area contributed by atoms with E-state index in [0.29, 0.717) is 5.56 Å². The molecule has 0 unspecified atom stereocenters. The summed E-state index contributed by atoms with van der Waals surface area (Å²) >= 11 is 0. The van der Waals surface area contributed by atoms with Crippen LogP contribution < -0.4 is 10.1 Å². The molecule has 1 heterocycles. The number of amides is 1. The van der Waals surface area contributed by atoms with E-state index in [9.17, 15) is 4.79 Å². The second kappa shape index (κ2) is 8.79. The van der Waals surface area contributed by atoms with Gasteiger partial charge in [0.05, 0.1) is 7.11 Å². The Morgan fingerprint density at radius 2 is 2.09 bits per heavy atom. The highest BCUT2D eigenvalue weighted by Crippen LogP contribution is 2.19. The molecular formula is C18H28N2O2. The molecule has 1 saturated heterocycles. The molecule has 1 aliphatic rings. The first-order valence-electron chi connectivity index (χ1n) is 8.41. The number of benzene rings is 1. The minimum Gasteiger partial charge on any atom is -0.497 e. The van der Waals surface area contributed by atoms with Crippen molar-refractivity contribution in [2.24, 2.45) is 0 Å². The Balaban J connectivity index is 1.70. The van der Waals surface area contributed by atoms with Gasteiger partial charge in [-0.25, -0.2) is 0 Å². The van der Waals surface area contributed by atoms with Crippen LogP contribution in [0.5, 0.6) is 5.75 Å². The standard InChI is InChI=1S/C18H28N2O2/c1-3-16-7-4-5-13-20(16)14-6-12-19-18(21)15-8-10-17(22-2)11-9-15/h8-11,16H,3-7,12-14H2,1-2H3,(H,19,21)/t16-/m1/s1. The average molecular weight is 304 g/mol. The number of methoxy groups -OCH3 is 1. The van der Waals surface area contributed by atoms with Gasteiger partial charge in [0, 0.05) is 24.7 Å². The summed E-state index contributed by atoms with van der Waals surface area (Å²) in [6.45, 7) is 5.30. The van der Waals surface area contributed by atoms with Gasteiger partial charge < -0.3 is 15.0 Å². The smallest absolute Gasteiger partial charge is 0.251 e. The number of rotatable bonds is 7. The summed E-state index contributed by atoms with van der Waals surface area (Å²) in [7, 11) is 1.62. The highest BCUT2D eigenvalue weighted by Gasteiger charge is 2.19. The fraction of sp³-hybridized carbons (Fsp3) is 0.611. The van der Waals surface area contributed by atoms with Crippen LogP contribution in [0.4, 0.5) is 0 Å². The lowest BCUT2D eigenvalue weighted by Gasteiger charge is -2.35. The lowest BCUT2D eigenvalue weighted by Crippen LogP contribution is -2.40. The summed E-state index contributed by atoms with van der Waals surface area (Å²) in [6, 6.07) is 7.96. The van der Waals surface area contributed by atoms with Gasteiger partial charge in [0.25, 0.3) is 5.91 Å². The molecule has 1 aliphatic heterocycles. The Hall–Kier alpha value is -1.55. The number of nitrogens with zero attached hydrogens (tertiary/aromatic N) is 1. The lowest BCUT2D eigenvalue weighted by molar-refractivity contribution is 0.0947. The quantitative estimate of drug-likeness (QED) is 0.787. The van der Waals surface area contributed by atoms with E-state index in [2.05, 4.69) is 17.1 Å². The van der Waals surface area contributed by atoms with Crippen LogP contribution in [0.15, 0.2) is 24.3 Å². The number of hydrogen-bond donors (Lipinski definition) is 1. The van der Waals surface area contributed by atoms with Gasteiger partial charge in [-0.15, -0.1) is 0 Å². The molecular weight excluding hydrogens is 276 g/mol. The van der Waals surface area contributed by atoms with Gasteiger partial charge in [0.2, 0.25) is 0 Å². The number of likely N-dealkylation sites (tertiary alicyclic amines) is 1. The molecule has 122 valence electrons. The predicted molar refractivity (Wildman–Crippen MR) is 89.4 cm³/mol. The highest BCUT2D eigenvalue weighted by atomic mass is 16.5. The van der Waals surface area contributed by atoms with Crippen LogP contribution in [0.1, 0.15) is 49.4 Å². The van der Waals surface area contributed by atoms with E-state index < -0.39 is 0 Å². The summed E-state index contributed by atoms with van der Waals surface area (Å²) < 4.78 is 5.10. The third kappa shape index (κ3) is 4.73. The molecule has 1 amide bonds. The Kier molecular flexibility index (Phi) is 6.72. The maximum absolute atomic E-state index is 12.1. The fourth-order valence-electron chi connectivity index (χ4n) is 3.15. The number of ether oxygens (including phenoxy) is 1. The summed E-state index contributed by atoms with van der Waals surface area (Å²) in [5.74, 6) is 0.764. The van der Waals surface area contributed by atoms with E-state index in [-0.39, 0.29) is 5.91 Å². The van der Waals surface area contributed by atoms with Crippen LogP contribution in [0.3, 0.4) is 0 Å². The van der Waals surface area contributed by atoms with Gasteiger partial charge in [-0.1, -0.05) is 13.3 Å². The van der Waals surface area contributed by atoms with Crippen molar-refractivity contribution in [2.75, 3.05) is 26.7 Å². The molecule has 1 aromatic rings. The molecule has 0 bridgehead atoms. The van der Waals surface area contributed by atoms with Crippen molar-refractivity contribution in [3.63, 3.8) is 0 Å². The second-order valence-electron chi connectivity index (χ2n) is 5.93. The van der Waals surface area contributed by atoms with Crippen molar-refractivity contribution in [1.29, 1.82) is 0 Å². The zero-order chi connectivity index (χ0) is 15.8. The van der Waals surface area contributed by atoms with Crippen LogP contribution in [0.2, 0.25) is 0 Å². The zero-order valence-corrected chi connectivity index (χ0v) is 13.8. The molecule has 0 aromatic heterocycles. The van der Waals surface area contributed by atoms with Gasteiger partial charge in [0.15, 0.2) is 0 Å². The summed E-state index contributed by atoms with van der Waals surface area (Å²) in [6.07, 6.45) is 6.25. The molecule has 1 N–H and O–H groups in total. The molecule has 1 fully saturated rings. The number of nitrogens with one attached hydrogen (secondary N) is 1. The van der Waals surface area contributed by atoms with E-state index >= 15 is 0 Å². The predicted octanol–water partition coefficient (Wildman–Crippen LogP) is 3.08. The number of carbonyl (C=O) groups is 1. The van der Waals surface area contributed by atoms with Crippen LogP contribution in [0, 0.1) is 0 Å². The van der Waals surface area contributed by atoms with Gasteiger partial charge >= 0.3 is 0 Å². The Morgan fingerprint density at radius 3 is 2.77 bits per heavy atom. The SMILES string of the molecule is CC[C@@H]1CCCCN1CCCNC(=O)c1ccc(OC)cc1. The van der Waals surface area contributed by atoms with Crippen LogP contribution in [-0.2, 0) is 0 Å². The summed E-state index contributed by atoms with van der Waals surface area (Å²) in [5.41, 5.74) is 0.685. The molecule has 22 heavy (non-hydrogen) atoms. The van der Waals surface area contributed by atoms with Gasteiger partial charge in [-0.3, -0.25) is 4.79 Å². The van der Waals surface area contributed by atoms with E-state index in [1.54, 1.807) is 19.2 Å². The minimum absolute atomic E-state index is 0.00617. The van der Waals surface area contributed by atoms with Crippen molar-refractivity contribution in [2.45, 2.75) is 45.1 Å². The average Bonchev–Trinajstić information content (AvgIpc) is 2.59. The molecule has 0 radical (unpaired) electrons. The maximum atomic E-state index is 12.1. The molecule has 4 heteroatoms. The lowest BCUT2D eigenvalue weighted by atomic mass is 10.00. The number of carbonyl (C=O) groups excluding carboxylic acids is 1. The van der Waals surface area contributed by atoms with Gasteiger partial charge in [-0.05, 0) is 56.5 Å².